The monoisotopic (exact) mass is 163 g/mol. The minimum atomic E-state index is 0.406. The maximum atomic E-state index is 10.1. The molecule has 1 aromatic carbocycles. The number of rotatable bonds is 2. The standard InChI is InChI=1S/C8H9N3O/c1-6(10-9)7-2-4-8(11-12)5-3-7/h2-5H,9H2,1H3/b10-6+. The second kappa shape index (κ2) is 3.61. The molecule has 0 spiro atoms. The van der Waals surface area contributed by atoms with Crippen molar-refractivity contribution in [1.82, 2.24) is 0 Å². The molecule has 0 bridgehead atoms. The van der Waals surface area contributed by atoms with Gasteiger partial charge in [-0.25, -0.2) is 0 Å². The molecule has 0 amide bonds. The minimum Gasteiger partial charge on any atom is -0.323 e. The van der Waals surface area contributed by atoms with Crippen molar-refractivity contribution >= 4 is 11.4 Å². The van der Waals surface area contributed by atoms with Gasteiger partial charge >= 0.3 is 0 Å². The summed E-state index contributed by atoms with van der Waals surface area (Å²) in [5.41, 5.74) is 2.03. The van der Waals surface area contributed by atoms with Crippen molar-refractivity contribution in [2.75, 3.05) is 0 Å². The normalized spacial score (nSPS) is 11.2. The molecular formula is C8H9N3O. The van der Waals surface area contributed by atoms with Gasteiger partial charge in [-0.15, -0.1) is 4.91 Å². The number of hydrogen-bond donors (Lipinski definition) is 1. The first kappa shape index (κ1) is 8.39. The van der Waals surface area contributed by atoms with Crippen molar-refractivity contribution in [2.45, 2.75) is 6.92 Å². The molecular weight excluding hydrogens is 154 g/mol. The van der Waals surface area contributed by atoms with Gasteiger partial charge < -0.3 is 5.84 Å². The van der Waals surface area contributed by atoms with E-state index in [4.69, 9.17) is 5.84 Å². The molecule has 0 saturated heterocycles. The van der Waals surface area contributed by atoms with Crippen molar-refractivity contribution in [3.63, 3.8) is 0 Å². The SMILES string of the molecule is C/C(=N\N)c1ccc(N=O)cc1. The third-order valence-corrected chi connectivity index (χ3v) is 1.58. The van der Waals surface area contributed by atoms with Gasteiger partial charge in [0.15, 0.2) is 0 Å². The zero-order valence-corrected chi connectivity index (χ0v) is 6.69. The summed E-state index contributed by atoms with van der Waals surface area (Å²) in [6.45, 7) is 1.79. The first-order valence-electron chi connectivity index (χ1n) is 3.46. The highest BCUT2D eigenvalue weighted by atomic mass is 16.3. The molecule has 0 atom stereocenters. The maximum Gasteiger partial charge on any atom is 0.108 e. The predicted octanol–water partition coefficient (Wildman–Crippen LogP) is 1.77. The van der Waals surface area contributed by atoms with Gasteiger partial charge in [-0.05, 0) is 29.8 Å². The van der Waals surface area contributed by atoms with Crippen LogP contribution in [0.3, 0.4) is 0 Å². The van der Waals surface area contributed by atoms with Gasteiger partial charge in [-0.2, -0.15) is 5.10 Å². The highest BCUT2D eigenvalue weighted by molar-refractivity contribution is 5.98. The largest absolute Gasteiger partial charge is 0.323 e. The molecule has 0 aliphatic carbocycles. The van der Waals surface area contributed by atoms with Crippen molar-refractivity contribution in [1.29, 1.82) is 0 Å². The van der Waals surface area contributed by atoms with Gasteiger partial charge in [0, 0.05) is 0 Å². The highest BCUT2D eigenvalue weighted by Gasteiger charge is 1.96. The fourth-order valence-corrected chi connectivity index (χ4v) is 0.838. The minimum absolute atomic E-state index is 0.406. The van der Waals surface area contributed by atoms with E-state index < -0.39 is 0 Å². The number of nitrogens with zero attached hydrogens (tertiary/aromatic N) is 2. The van der Waals surface area contributed by atoms with Crippen LogP contribution >= 0.6 is 0 Å². The molecule has 0 aromatic heterocycles. The van der Waals surface area contributed by atoms with Gasteiger partial charge in [0.25, 0.3) is 0 Å². The Morgan fingerprint density at radius 3 is 2.33 bits per heavy atom. The number of hydrogen-bond acceptors (Lipinski definition) is 4. The summed E-state index contributed by atoms with van der Waals surface area (Å²) < 4.78 is 0. The summed E-state index contributed by atoms with van der Waals surface area (Å²) >= 11 is 0. The van der Waals surface area contributed by atoms with E-state index >= 15 is 0 Å². The third-order valence-electron chi connectivity index (χ3n) is 1.58. The van der Waals surface area contributed by atoms with Crippen LogP contribution in [0.5, 0.6) is 0 Å². The lowest BCUT2D eigenvalue weighted by Crippen LogP contribution is -1.97. The molecule has 4 heteroatoms. The number of benzene rings is 1. The lowest BCUT2D eigenvalue weighted by Gasteiger charge is -1.97. The molecule has 12 heavy (non-hydrogen) atoms. The third kappa shape index (κ3) is 1.66. The quantitative estimate of drug-likeness (QED) is 0.312. The van der Waals surface area contributed by atoms with E-state index in [-0.39, 0.29) is 0 Å². The van der Waals surface area contributed by atoms with Crippen LogP contribution in [-0.2, 0) is 0 Å². The fraction of sp³-hybridized carbons (Fsp3) is 0.125. The van der Waals surface area contributed by atoms with Crippen molar-refractivity contribution in [3.8, 4) is 0 Å². The van der Waals surface area contributed by atoms with Crippen LogP contribution in [0.1, 0.15) is 12.5 Å². The molecule has 0 saturated carbocycles. The summed E-state index contributed by atoms with van der Waals surface area (Å²) in [4.78, 5) is 10.1. The zero-order valence-electron chi connectivity index (χ0n) is 6.69. The Balaban J connectivity index is 2.99. The van der Waals surface area contributed by atoms with E-state index in [1.807, 2.05) is 0 Å². The van der Waals surface area contributed by atoms with Crippen LogP contribution in [0.25, 0.3) is 0 Å². The van der Waals surface area contributed by atoms with Gasteiger partial charge in [0.2, 0.25) is 0 Å². The van der Waals surface area contributed by atoms with Crippen LogP contribution in [0.2, 0.25) is 0 Å². The Morgan fingerprint density at radius 2 is 1.92 bits per heavy atom. The molecule has 0 heterocycles. The Labute approximate surface area is 70.1 Å². The molecule has 1 aromatic rings. The average Bonchev–Trinajstić information content (AvgIpc) is 2.17. The van der Waals surface area contributed by atoms with Gasteiger partial charge in [0.05, 0.1) is 5.71 Å². The van der Waals surface area contributed by atoms with E-state index in [0.29, 0.717) is 5.69 Å². The van der Waals surface area contributed by atoms with Crippen LogP contribution in [0.15, 0.2) is 34.5 Å². The lowest BCUT2D eigenvalue weighted by molar-refractivity contribution is 1.24. The average molecular weight is 163 g/mol. The first-order valence-corrected chi connectivity index (χ1v) is 3.46. The van der Waals surface area contributed by atoms with Crippen molar-refractivity contribution in [2.24, 2.45) is 16.1 Å². The van der Waals surface area contributed by atoms with E-state index in [1.54, 1.807) is 31.2 Å². The van der Waals surface area contributed by atoms with Gasteiger partial charge in [0.1, 0.15) is 5.69 Å². The molecule has 1 rings (SSSR count). The van der Waals surface area contributed by atoms with Crippen molar-refractivity contribution in [3.05, 3.63) is 34.7 Å². The highest BCUT2D eigenvalue weighted by Crippen LogP contribution is 2.12. The second-order valence-corrected chi connectivity index (χ2v) is 2.35. The van der Waals surface area contributed by atoms with Crippen LogP contribution < -0.4 is 5.84 Å². The molecule has 0 unspecified atom stereocenters. The Bertz CT molecular complexity index is 303. The lowest BCUT2D eigenvalue weighted by atomic mass is 10.1. The molecule has 0 radical (unpaired) electrons. The van der Waals surface area contributed by atoms with Crippen LogP contribution in [-0.4, -0.2) is 5.71 Å². The summed E-state index contributed by atoms with van der Waals surface area (Å²) in [5.74, 6) is 5.08. The second-order valence-electron chi connectivity index (χ2n) is 2.35. The Kier molecular flexibility index (Phi) is 2.53. The maximum absolute atomic E-state index is 10.1. The number of hydrazone groups is 1. The topological polar surface area (TPSA) is 67.8 Å². The Morgan fingerprint density at radius 1 is 1.33 bits per heavy atom. The molecule has 62 valence electrons. The van der Waals surface area contributed by atoms with Gasteiger partial charge in [-0.1, -0.05) is 12.1 Å². The van der Waals surface area contributed by atoms with E-state index in [0.717, 1.165) is 11.3 Å². The first-order chi connectivity index (χ1) is 5.77. The Hall–Kier alpha value is -1.71. The fourth-order valence-electron chi connectivity index (χ4n) is 0.838. The van der Waals surface area contributed by atoms with Crippen molar-refractivity contribution < 1.29 is 0 Å². The van der Waals surface area contributed by atoms with E-state index in [1.165, 1.54) is 0 Å². The number of nitrogens with two attached hydrogens (primary N) is 1. The summed E-state index contributed by atoms with van der Waals surface area (Å²) in [6.07, 6.45) is 0. The van der Waals surface area contributed by atoms with E-state index in [9.17, 15) is 4.91 Å². The van der Waals surface area contributed by atoms with E-state index in [2.05, 4.69) is 10.3 Å². The summed E-state index contributed by atoms with van der Waals surface area (Å²) in [6, 6.07) is 6.75. The molecule has 4 nitrogen and oxygen atoms in total. The summed E-state index contributed by atoms with van der Waals surface area (Å²) in [7, 11) is 0. The molecule has 2 N–H and O–H groups in total. The smallest absolute Gasteiger partial charge is 0.108 e. The number of nitroso groups, excluding NO2 is 1. The predicted molar refractivity (Wildman–Crippen MR) is 48.3 cm³/mol. The van der Waals surface area contributed by atoms with Crippen LogP contribution in [0, 0.1) is 4.91 Å². The molecule has 0 aliphatic heterocycles. The van der Waals surface area contributed by atoms with Gasteiger partial charge in [-0.3, -0.25) is 0 Å². The summed E-state index contributed by atoms with van der Waals surface area (Å²) in [5, 5.41) is 6.30. The molecule has 0 fully saturated rings. The van der Waals surface area contributed by atoms with Crippen LogP contribution in [0.4, 0.5) is 5.69 Å². The molecule has 0 aliphatic rings. The zero-order chi connectivity index (χ0) is 8.97.